The van der Waals surface area contributed by atoms with Gasteiger partial charge in [0, 0.05) is 38.1 Å². The third kappa shape index (κ3) is 5.03. The average Bonchev–Trinajstić information content (AvgIpc) is 3.22. The Labute approximate surface area is 198 Å². The van der Waals surface area contributed by atoms with E-state index in [0.717, 1.165) is 0 Å². The van der Waals surface area contributed by atoms with Gasteiger partial charge in [0.1, 0.15) is 17.7 Å². The van der Waals surface area contributed by atoms with Crippen LogP contribution in [0.25, 0.3) is 0 Å². The van der Waals surface area contributed by atoms with Crippen LogP contribution in [0.1, 0.15) is 41.6 Å². The lowest BCUT2D eigenvalue weighted by Crippen LogP contribution is -2.48. The van der Waals surface area contributed by atoms with Crippen LogP contribution in [0.5, 0.6) is 0 Å². The van der Waals surface area contributed by atoms with Crippen LogP contribution in [0.4, 0.5) is 4.39 Å². The first kappa shape index (κ1) is 24.1. The molecule has 3 unspecified atom stereocenters. The molecule has 0 radical (unpaired) electrons. The van der Waals surface area contributed by atoms with Gasteiger partial charge in [-0.25, -0.2) is 17.8 Å². The first-order valence-corrected chi connectivity index (χ1v) is 12.4. The van der Waals surface area contributed by atoms with E-state index in [2.05, 4.69) is 10.3 Å². The highest BCUT2D eigenvalue weighted by atomic mass is 32.2. The number of ether oxygens (including phenoxy) is 1. The zero-order valence-corrected chi connectivity index (χ0v) is 20.0. The SMILES string of the molecule is CC1CN(S(=O)(=O)c2ccc(C(=O)NC(c3cccc(F)c3)c3nccn3C)cc2)CC(C)O1. The molecule has 1 N–H and O–H groups in total. The second-order valence-electron chi connectivity index (χ2n) is 8.46. The first-order valence-electron chi connectivity index (χ1n) is 10.9. The van der Waals surface area contributed by atoms with Crippen molar-refractivity contribution in [1.82, 2.24) is 19.2 Å². The van der Waals surface area contributed by atoms with Crippen LogP contribution >= 0.6 is 0 Å². The second-order valence-corrected chi connectivity index (χ2v) is 10.4. The fraction of sp³-hybridized carbons (Fsp3) is 0.333. The van der Waals surface area contributed by atoms with E-state index in [1.54, 1.807) is 36.1 Å². The van der Waals surface area contributed by atoms with Crippen molar-refractivity contribution in [2.45, 2.75) is 37.0 Å². The molecule has 1 amide bonds. The van der Waals surface area contributed by atoms with Gasteiger partial charge in [-0.1, -0.05) is 12.1 Å². The molecular weight excluding hydrogens is 459 g/mol. The number of carbonyl (C=O) groups excluding carboxylic acids is 1. The number of morpholine rings is 1. The van der Waals surface area contributed by atoms with Gasteiger partial charge in [0.2, 0.25) is 10.0 Å². The van der Waals surface area contributed by atoms with Gasteiger partial charge >= 0.3 is 0 Å². The lowest BCUT2D eigenvalue weighted by molar-refractivity contribution is -0.0440. The minimum atomic E-state index is -3.72. The topological polar surface area (TPSA) is 93.5 Å². The largest absolute Gasteiger partial charge is 0.373 e. The molecule has 1 aliphatic heterocycles. The molecule has 0 spiro atoms. The van der Waals surface area contributed by atoms with Gasteiger partial charge < -0.3 is 14.6 Å². The summed E-state index contributed by atoms with van der Waals surface area (Å²) in [6.45, 7) is 4.21. The fourth-order valence-corrected chi connectivity index (χ4v) is 5.70. The van der Waals surface area contributed by atoms with Crippen LogP contribution in [-0.2, 0) is 21.8 Å². The monoisotopic (exact) mass is 486 g/mol. The van der Waals surface area contributed by atoms with E-state index < -0.39 is 27.8 Å². The quantitative estimate of drug-likeness (QED) is 0.578. The Morgan fingerprint density at radius 1 is 1.15 bits per heavy atom. The van der Waals surface area contributed by atoms with Crippen LogP contribution in [-0.4, -0.2) is 53.5 Å². The van der Waals surface area contributed by atoms with E-state index in [4.69, 9.17) is 4.74 Å². The van der Waals surface area contributed by atoms with Gasteiger partial charge in [-0.15, -0.1) is 0 Å². The van der Waals surface area contributed by atoms with Gasteiger partial charge in [0.05, 0.1) is 17.1 Å². The van der Waals surface area contributed by atoms with E-state index in [1.807, 2.05) is 13.8 Å². The van der Waals surface area contributed by atoms with Crippen LogP contribution in [0.15, 0.2) is 65.8 Å². The van der Waals surface area contributed by atoms with Gasteiger partial charge in [0.15, 0.2) is 0 Å². The van der Waals surface area contributed by atoms with Crippen molar-refractivity contribution in [3.63, 3.8) is 0 Å². The van der Waals surface area contributed by atoms with Crippen molar-refractivity contribution in [3.05, 3.63) is 83.7 Å². The molecule has 1 fully saturated rings. The fourth-order valence-electron chi connectivity index (χ4n) is 4.11. The van der Waals surface area contributed by atoms with Gasteiger partial charge in [-0.2, -0.15) is 4.31 Å². The maximum absolute atomic E-state index is 13.9. The van der Waals surface area contributed by atoms with Crippen molar-refractivity contribution >= 4 is 15.9 Å². The summed E-state index contributed by atoms with van der Waals surface area (Å²) in [7, 11) is -1.93. The number of rotatable bonds is 6. The van der Waals surface area contributed by atoms with Gasteiger partial charge in [-0.05, 0) is 55.8 Å². The predicted molar refractivity (Wildman–Crippen MR) is 124 cm³/mol. The molecule has 1 saturated heterocycles. The van der Waals surface area contributed by atoms with Gasteiger partial charge in [-0.3, -0.25) is 4.79 Å². The van der Waals surface area contributed by atoms with E-state index in [-0.39, 0.29) is 35.8 Å². The number of aromatic nitrogens is 2. The molecule has 1 aromatic heterocycles. The molecule has 2 heterocycles. The molecule has 3 aromatic rings. The van der Waals surface area contributed by atoms with E-state index >= 15 is 0 Å². The van der Waals surface area contributed by atoms with Crippen LogP contribution in [0, 0.1) is 5.82 Å². The third-order valence-corrected chi connectivity index (χ3v) is 7.56. The van der Waals surface area contributed by atoms with Crippen LogP contribution < -0.4 is 5.32 Å². The van der Waals surface area contributed by atoms with Crippen molar-refractivity contribution < 1.29 is 22.3 Å². The first-order chi connectivity index (χ1) is 16.1. The number of nitrogens with zero attached hydrogens (tertiary/aromatic N) is 3. The zero-order chi connectivity index (χ0) is 24.5. The molecule has 1 aliphatic rings. The molecular formula is C24H27FN4O4S. The number of halogens is 1. The van der Waals surface area contributed by atoms with Crippen molar-refractivity contribution in [2.24, 2.45) is 7.05 Å². The predicted octanol–water partition coefficient (Wildman–Crippen LogP) is 2.88. The number of hydrogen-bond acceptors (Lipinski definition) is 5. The Bertz CT molecular complexity index is 1270. The molecule has 180 valence electrons. The van der Waals surface area contributed by atoms with E-state index in [1.165, 1.54) is 40.7 Å². The number of aryl methyl sites for hydroxylation is 1. The summed E-state index contributed by atoms with van der Waals surface area (Å²) in [5.74, 6) is -0.323. The summed E-state index contributed by atoms with van der Waals surface area (Å²) in [6.07, 6.45) is 2.94. The number of hydrogen-bond donors (Lipinski definition) is 1. The standard InChI is InChI=1S/C24H27FN4O4S/c1-16-14-29(15-17(2)33-16)34(31,32)21-9-7-18(8-10-21)24(30)27-22(23-26-11-12-28(23)3)19-5-4-6-20(25)13-19/h4-13,16-17,22H,14-15H2,1-3H3,(H,27,30). The summed E-state index contributed by atoms with van der Waals surface area (Å²) in [5, 5.41) is 2.89. The zero-order valence-electron chi connectivity index (χ0n) is 19.2. The molecule has 0 saturated carbocycles. The third-order valence-electron chi connectivity index (χ3n) is 5.71. The van der Waals surface area contributed by atoms with Crippen molar-refractivity contribution in [3.8, 4) is 0 Å². The number of sulfonamides is 1. The molecule has 3 atom stereocenters. The Kier molecular flexibility index (Phi) is 6.83. The molecule has 34 heavy (non-hydrogen) atoms. The summed E-state index contributed by atoms with van der Waals surface area (Å²) in [4.78, 5) is 17.5. The molecule has 10 heteroatoms. The highest BCUT2D eigenvalue weighted by Gasteiger charge is 2.32. The van der Waals surface area contributed by atoms with Crippen molar-refractivity contribution in [1.29, 1.82) is 0 Å². The Hall–Kier alpha value is -3.08. The number of nitrogens with one attached hydrogen (secondary N) is 1. The van der Waals surface area contributed by atoms with Crippen LogP contribution in [0.2, 0.25) is 0 Å². The van der Waals surface area contributed by atoms with Crippen molar-refractivity contribution in [2.75, 3.05) is 13.1 Å². The summed E-state index contributed by atoms with van der Waals surface area (Å²) < 4.78 is 48.8. The molecule has 0 bridgehead atoms. The number of imidazole rings is 1. The van der Waals surface area contributed by atoms with Crippen LogP contribution in [0.3, 0.4) is 0 Å². The molecule has 0 aliphatic carbocycles. The second kappa shape index (κ2) is 9.65. The summed E-state index contributed by atoms with van der Waals surface area (Å²) >= 11 is 0. The summed E-state index contributed by atoms with van der Waals surface area (Å²) in [5.41, 5.74) is 0.815. The molecule has 8 nitrogen and oxygen atoms in total. The minimum absolute atomic E-state index is 0.108. The summed E-state index contributed by atoms with van der Waals surface area (Å²) in [6, 6.07) is 11.0. The highest BCUT2D eigenvalue weighted by molar-refractivity contribution is 7.89. The molecule has 2 aromatic carbocycles. The number of amides is 1. The van der Waals surface area contributed by atoms with E-state index in [9.17, 15) is 17.6 Å². The lowest BCUT2D eigenvalue weighted by atomic mass is 10.0. The Morgan fingerprint density at radius 2 is 1.82 bits per heavy atom. The average molecular weight is 487 g/mol. The van der Waals surface area contributed by atoms with Gasteiger partial charge in [0.25, 0.3) is 5.91 Å². The Balaban J connectivity index is 1.56. The maximum atomic E-state index is 13.9. The number of carbonyl (C=O) groups is 1. The normalized spacial score (nSPS) is 20.1. The smallest absolute Gasteiger partial charge is 0.252 e. The maximum Gasteiger partial charge on any atom is 0.252 e. The number of benzene rings is 2. The lowest BCUT2D eigenvalue weighted by Gasteiger charge is -2.34. The molecule has 4 rings (SSSR count). The highest BCUT2D eigenvalue weighted by Crippen LogP contribution is 2.24. The van der Waals surface area contributed by atoms with E-state index in [0.29, 0.717) is 11.4 Å². The Morgan fingerprint density at radius 3 is 2.41 bits per heavy atom. The minimum Gasteiger partial charge on any atom is -0.373 e.